The summed E-state index contributed by atoms with van der Waals surface area (Å²) < 4.78 is 71.5. The Hall–Kier alpha value is -3.53. The molecule has 0 saturated carbocycles. The minimum atomic E-state index is -5.02. The third-order valence-corrected chi connectivity index (χ3v) is 5.87. The van der Waals surface area contributed by atoms with Gasteiger partial charge in [-0.25, -0.2) is 13.4 Å². The van der Waals surface area contributed by atoms with Crippen molar-refractivity contribution >= 4 is 21.4 Å². The van der Waals surface area contributed by atoms with E-state index in [-0.39, 0.29) is 5.69 Å². The van der Waals surface area contributed by atoms with Crippen LogP contribution in [0.25, 0.3) is 16.9 Å². The van der Waals surface area contributed by atoms with Crippen LogP contribution in [0.4, 0.5) is 18.9 Å². The molecule has 6 nitrogen and oxygen atoms in total. The zero-order chi connectivity index (χ0) is 22.2. The van der Waals surface area contributed by atoms with E-state index in [4.69, 9.17) is 0 Å². The highest BCUT2D eigenvalue weighted by molar-refractivity contribution is 7.92. The fourth-order valence-corrected chi connectivity index (χ4v) is 4.31. The summed E-state index contributed by atoms with van der Waals surface area (Å²) in [5.74, 6) is -0.811. The maximum atomic E-state index is 12.8. The lowest BCUT2D eigenvalue weighted by molar-refractivity contribution is -0.275. The lowest BCUT2D eigenvalue weighted by Gasteiger charge is -2.14. The monoisotopic (exact) mass is 447 g/mol. The summed E-state index contributed by atoms with van der Waals surface area (Å²) >= 11 is 0. The van der Waals surface area contributed by atoms with E-state index in [1.54, 1.807) is 18.2 Å². The summed E-state index contributed by atoms with van der Waals surface area (Å²) in [5, 5.41) is 0. The molecule has 0 fully saturated rings. The molecular formula is C21H16F3N3O3S. The summed E-state index contributed by atoms with van der Waals surface area (Å²) in [5.41, 5.74) is 3.18. The van der Waals surface area contributed by atoms with Crippen molar-refractivity contribution in [1.29, 1.82) is 0 Å². The van der Waals surface area contributed by atoms with Crippen molar-refractivity contribution in [2.45, 2.75) is 18.2 Å². The van der Waals surface area contributed by atoms with Gasteiger partial charge in [0, 0.05) is 23.6 Å². The summed E-state index contributed by atoms with van der Waals surface area (Å²) in [6, 6.07) is 14.8. The summed E-state index contributed by atoms with van der Waals surface area (Å²) in [6.07, 6.45) is -1.36. The second kappa shape index (κ2) is 7.62. The second-order valence-electron chi connectivity index (χ2n) is 6.73. The molecule has 0 spiro atoms. The van der Waals surface area contributed by atoms with Crippen molar-refractivity contribution in [1.82, 2.24) is 9.38 Å². The number of nitrogens with zero attached hydrogens (tertiary/aromatic N) is 2. The minimum Gasteiger partial charge on any atom is -0.404 e. The number of pyridine rings is 1. The van der Waals surface area contributed by atoms with E-state index in [1.807, 2.05) is 35.9 Å². The number of aromatic nitrogens is 2. The molecule has 31 heavy (non-hydrogen) atoms. The molecular weight excluding hydrogens is 431 g/mol. The minimum absolute atomic E-state index is 0.174. The smallest absolute Gasteiger partial charge is 0.404 e. The number of aryl methyl sites for hydroxylation is 1. The fourth-order valence-electron chi connectivity index (χ4n) is 3.13. The van der Waals surface area contributed by atoms with Crippen molar-refractivity contribution in [3.63, 3.8) is 0 Å². The van der Waals surface area contributed by atoms with Crippen molar-refractivity contribution in [3.05, 3.63) is 78.6 Å². The molecule has 0 aliphatic rings. The van der Waals surface area contributed by atoms with E-state index in [9.17, 15) is 21.6 Å². The van der Waals surface area contributed by atoms with Crippen LogP contribution in [0.2, 0.25) is 0 Å². The Kier molecular flexibility index (Phi) is 5.10. The number of imidazole rings is 1. The maximum Gasteiger partial charge on any atom is 0.573 e. The number of para-hydroxylation sites is 1. The van der Waals surface area contributed by atoms with Crippen LogP contribution >= 0.6 is 0 Å². The number of hydrogen-bond donors (Lipinski definition) is 1. The van der Waals surface area contributed by atoms with E-state index in [2.05, 4.69) is 14.4 Å². The Balaban J connectivity index is 1.67. The van der Waals surface area contributed by atoms with Crippen molar-refractivity contribution in [3.8, 4) is 17.0 Å². The van der Waals surface area contributed by atoms with E-state index in [0.717, 1.165) is 23.3 Å². The number of nitrogens with one attached hydrogen (secondary N) is 1. The Morgan fingerprint density at radius 3 is 2.55 bits per heavy atom. The molecule has 0 atom stereocenters. The number of ether oxygens (including phenoxy) is 1. The second-order valence-corrected chi connectivity index (χ2v) is 8.38. The van der Waals surface area contributed by atoms with Gasteiger partial charge in [-0.15, -0.1) is 13.2 Å². The van der Waals surface area contributed by atoms with E-state index >= 15 is 0 Å². The lowest BCUT2D eigenvalue weighted by Crippen LogP contribution is -2.20. The summed E-state index contributed by atoms with van der Waals surface area (Å²) in [4.78, 5) is 3.95. The number of anilines is 1. The molecule has 0 aliphatic heterocycles. The lowest BCUT2D eigenvalue weighted by atomic mass is 10.1. The predicted octanol–water partition coefficient (Wildman–Crippen LogP) is 5.01. The molecule has 0 saturated heterocycles. The van der Waals surface area contributed by atoms with E-state index in [1.165, 1.54) is 18.2 Å². The van der Waals surface area contributed by atoms with Crippen molar-refractivity contribution in [2.75, 3.05) is 4.72 Å². The van der Waals surface area contributed by atoms with Gasteiger partial charge >= 0.3 is 6.36 Å². The van der Waals surface area contributed by atoms with E-state index in [0.29, 0.717) is 11.3 Å². The van der Waals surface area contributed by atoms with Gasteiger partial charge in [0.25, 0.3) is 10.0 Å². The molecule has 0 aliphatic carbocycles. The first kappa shape index (κ1) is 20.7. The van der Waals surface area contributed by atoms with Crippen LogP contribution in [0.5, 0.6) is 5.75 Å². The third-order valence-electron chi connectivity index (χ3n) is 4.45. The molecule has 0 unspecified atom stereocenters. The molecule has 0 bridgehead atoms. The van der Waals surface area contributed by atoms with Crippen LogP contribution in [0.3, 0.4) is 0 Å². The number of sulfonamides is 1. The molecule has 4 aromatic rings. The highest BCUT2D eigenvalue weighted by Crippen LogP contribution is 2.31. The average molecular weight is 447 g/mol. The molecule has 2 aromatic carbocycles. The van der Waals surface area contributed by atoms with Gasteiger partial charge < -0.3 is 9.14 Å². The number of fused-ring (bicyclic) bond motifs is 1. The van der Waals surface area contributed by atoms with Crippen LogP contribution in [0.1, 0.15) is 5.56 Å². The number of alkyl halides is 3. The molecule has 2 aromatic heterocycles. The molecule has 2 heterocycles. The van der Waals surface area contributed by atoms with Gasteiger partial charge in [0.15, 0.2) is 0 Å². The first-order valence-corrected chi connectivity index (χ1v) is 10.5. The predicted molar refractivity (Wildman–Crippen MR) is 109 cm³/mol. The molecule has 1 N–H and O–H groups in total. The van der Waals surface area contributed by atoms with Gasteiger partial charge in [-0.3, -0.25) is 4.72 Å². The Bertz CT molecular complexity index is 1370. The van der Waals surface area contributed by atoms with Crippen LogP contribution in [0, 0.1) is 6.92 Å². The van der Waals surface area contributed by atoms with Gasteiger partial charge in [-0.05, 0) is 42.8 Å². The first-order chi connectivity index (χ1) is 14.6. The highest BCUT2D eigenvalue weighted by Gasteiger charge is 2.34. The van der Waals surface area contributed by atoms with E-state index < -0.39 is 27.0 Å². The maximum absolute atomic E-state index is 12.8. The fraction of sp³-hybridized carbons (Fsp3) is 0.0952. The van der Waals surface area contributed by atoms with Gasteiger partial charge in [-0.1, -0.05) is 30.3 Å². The van der Waals surface area contributed by atoms with Crippen LogP contribution in [-0.4, -0.2) is 24.2 Å². The van der Waals surface area contributed by atoms with Crippen LogP contribution in [-0.2, 0) is 10.0 Å². The van der Waals surface area contributed by atoms with Gasteiger partial charge in [-0.2, -0.15) is 0 Å². The summed E-state index contributed by atoms with van der Waals surface area (Å²) in [7, 11) is -4.35. The number of halogens is 3. The molecule has 0 amide bonds. The molecule has 4 rings (SSSR count). The first-order valence-electron chi connectivity index (χ1n) is 9.05. The summed E-state index contributed by atoms with van der Waals surface area (Å²) in [6.45, 7) is 1.93. The molecule has 0 radical (unpaired) electrons. The van der Waals surface area contributed by atoms with Gasteiger partial charge in [0.1, 0.15) is 16.3 Å². The molecule has 10 heteroatoms. The molecule has 160 valence electrons. The zero-order valence-corrected chi connectivity index (χ0v) is 16.9. The number of hydrogen-bond acceptors (Lipinski definition) is 4. The Morgan fingerprint density at radius 2 is 1.81 bits per heavy atom. The topological polar surface area (TPSA) is 72.7 Å². The third kappa shape index (κ3) is 4.48. The van der Waals surface area contributed by atoms with Gasteiger partial charge in [0.2, 0.25) is 0 Å². The number of benzene rings is 2. The number of rotatable bonds is 5. The van der Waals surface area contributed by atoms with Crippen molar-refractivity contribution in [2.24, 2.45) is 0 Å². The van der Waals surface area contributed by atoms with Crippen molar-refractivity contribution < 1.29 is 26.3 Å². The van der Waals surface area contributed by atoms with Crippen LogP contribution < -0.4 is 9.46 Å². The Labute approximate surface area is 176 Å². The zero-order valence-electron chi connectivity index (χ0n) is 16.1. The highest BCUT2D eigenvalue weighted by atomic mass is 32.2. The van der Waals surface area contributed by atoms with Gasteiger partial charge in [0.05, 0.1) is 5.69 Å². The average Bonchev–Trinajstić information content (AvgIpc) is 3.13. The SMILES string of the molecule is Cc1cccn2cc(-c3cccc(NS(=O)(=O)c4ccccc4OC(F)(F)F)c3)nc12. The normalized spacial score (nSPS) is 12.1. The quantitative estimate of drug-likeness (QED) is 0.467. The van der Waals surface area contributed by atoms with Crippen LogP contribution in [0.15, 0.2) is 78.0 Å². The standard InChI is InChI=1S/C21H16F3N3O3S/c1-14-6-5-11-27-13-17(25-20(14)27)15-7-4-8-16(12-15)26-31(28,29)19-10-3-2-9-18(19)30-21(22,23)24/h2-13,26H,1H3. The Morgan fingerprint density at radius 1 is 1.03 bits per heavy atom. The largest absolute Gasteiger partial charge is 0.573 e.